The van der Waals surface area contributed by atoms with Crippen LogP contribution in [-0.2, 0) is 19.1 Å². The van der Waals surface area contributed by atoms with E-state index in [0.717, 1.165) is 0 Å². The summed E-state index contributed by atoms with van der Waals surface area (Å²) >= 11 is 0. The maximum atomic E-state index is 11.2. The summed E-state index contributed by atoms with van der Waals surface area (Å²) in [7, 11) is 0. The lowest BCUT2D eigenvalue weighted by Crippen LogP contribution is -2.12. The van der Waals surface area contributed by atoms with Gasteiger partial charge in [0.05, 0.1) is 0 Å². The fraction of sp³-hybridized carbons (Fsp3) is 0.600. The second-order valence-corrected chi connectivity index (χ2v) is 1.43. The maximum Gasteiger partial charge on any atom is 0.319 e. The summed E-state index contributed by atoms with van der Waals surface area (Å²) in [6.45, 7) is -2.61. The number of esters is 2. The van der Waals surface area contributed by atoms with Gasteiger partial charge in [-0.25, -0.2) is 8.78 Å². The number of carbonyl (C=O) groups excluding carboxylic acids is 2. The van der Waals surface area contributed by atoms with Crippen molar-refractivity contribution < 1.29 is 27.8 Å². The van der Waals surface area contributed by atoms with E-state index in [0.29, 0.717) is 0 Å². The van der Waals surface area contributed by atoms with Gasteiger partial charge in [-0.05, 0) is 0 Å². The molecule has 0 amide bonds. The van der Waals surface area contributed by atoms with Gasteiger partial charge in [0, 0.05) is 0 Å². The van der Waals surface area contributed by atoms with Gasteiger partial charge in [-0.15, -0.1) is 0 Å². The summed E-state index contributed by atoms with van der Waals surface area (Å²) < 4.78 is 29.9. The van der Waals surface area contributed by atoms with E-state index in [4.69, 9.17) is 0 Å². The highest BCUT2D eigenvalue weighted by molar-refractivity contribution is 5.91. The van der Waals surface area contributed by atoms with E-state index < -0.39 is 32.1 Å². The molecular weight excluding hydrogens is 162 g/mol. The van der Waals surface area contributed by atoms with E-state index in [1.165, 1.54) is 0 Å². The third-order valence-electron chi connectivity index (χ3n) is 0.720. The van der Waals surface area contributed by atoms with Crippen LogP contribution in [0.15, 0.2) is 0 Å². The van der Waals surface area contributed by atoms with Gasteiger partial charge in [0.1, 0.15) is 6.42 Å². The average Bonchev–Trinajstić information content (AvgIpc) is 1.87. The highest BCUT2D eigenvalue weighted by Gasteiger charge is 2.10. The molecule has 0 aromatic rings. The van der Waals surface area contributed by atoms with Crippen molar-refractivity contribution in [3.63, 3.8) is 0 Å². The van der Waals surface area contributed by atoms with Crippen LogP contribution in [0.5, 0.6) is 0 Å². The van der Waals surface area contributed by atoms with Gasteiger partial charge in [-0.1, -0.05) is 0 Å². The Balaban J connectivity index is 3.49. The van der Waals surface area contributed by atoms with E-state index in [1.54, 1.807) is 0 Å². The number of carbonyl (C=O) groups is 2. The zero-order valence-electron chi connectivity index (χ0n) is 5.51. The van der Waals surface area contributed by atoms with Gasteiger partial charge < -0.3 is 9.47 Å². The summed E-state index contributed by atoms with van der Waals surface area (Å²) in [5.74, 6) is -2.16. The topological polar surface area (TPSA) is 52.6 Å². The highest BCUT2D eigenvalue weighted by atomic mass is 19.1. The summed E-state index contributed by atoms with van der Waals surface area (Å²) in [4.78, 5) is 20.5. The van der Waals surface area contributed by atoms with Crippen molar-refractivity contribution in [2.75, 3.05) is 13.7 Å². The van der Waals surface area contributed by atoms with Crippen molar-refractivity contribution in [2.45, 2.75) is 6.42 Å². The Hall–Kier alpha value is -1.20. The first-order valence-corrected chi connectivity index (χ1v) is 2.64. The summed E-state index contributed by atoms with van der Waals surface area (Å²) in [6, 6.07) is 0. The molecule has 0 unspecified atom stereocenters. The number of hydrogen-bond acceptors (Lipinski definition) is 4. The van der Waals surface area contributed by atoms with Crippen molar-refractivity contribution in [1.82, 2.24) is 0 Å². The van der Waals surface area contributed by atoms with Crippen LogP contribution in [0, 0.1) is 0 Å². The van der Waals surface area contributed by atoms with Crippen LogP contribution in [0.25, 0.3) is 0 Å². The minimum Gasteiger partial charge on any atom is -0.433 e. The Bertz CT molecular complexity index is 131. The number of halogens is 2. The Morgan fingerprint density at radius 1 is 1.00 bits per heavy atom. The lowest BCUT2D eigenvalue weighted by Gasteiger charge is -1.98. The van der Waals surface area contributed by atoms with E-state index >= 15 is 0 Å². The predicted octanol–water partition coefficient (Wildman–Crippen LogP) is 0.317. The second kappa shape index (κ2) is 5.57. The van der Waals surface area contributed by atoms with Gasteiger partial charge in [-0.2, -0.15) is 0 Å². The van der Waals surface area contributed by atoms with Gasteiger partial charge in [0.2, 0.25) is 13.7 Å². The molecule has 0 aromatic heterocycles. The molecule has 0 saturated carbocycles. The molecule has 64 valence electrons. The summed E-state index contributed by atoms with van der Waals surface area (Å²) in [5, 5.41) is 0. The Morgan fingerprint density at radius 2 is 1.36 bits per heavy atom. The molecule has 0 saturated heterocycles. The molecular formula is C5H6F2O4. The minimum absolute atomic E-state index is 0.770. The highest BCUT2D eigenvalue weighted by Crippen LogP contribution is 1.90. The van der Waals surface area contributed by atoms with E-state index in [-0.39, 0.29) is 0 Å². The molecule has 0 spiro atoms. The maximum absolute atomic E-state index is 11.2. The van der Waals surface area contributed by atoms with Crippen molar-refractivity contribution in [3.8, 4) is 0 Å². The van der Waals surface area contributed by atoms with E-state index in [2.05, 4.69) is 9.47 Å². The first-order valence-electron chi connectivity index (χ1n) is 2.64. The first kappa shape index (κ1) is 9.80. The third kappa shape index (κ3) is 5.25. The zero-order valence-corrected chi connectivity index (χ0v) is 5.51. The number of rotatable bonds is 4. The number of ether oxygens (including phenoxy) is 2. The monoisotopic (exact) mass is 168 g/mol. The molecule has 0 aliphatic rings. The Labute approximate surface area is 61.1 Å². The molecule has 4 nitrogen and oxygen atoms in total. The zero-order chi connectivity index (χ0) is 8.69. The molecule has 0 bridgehead atoms. The van der Waals surface area contributed by atoms with E-state index in [9.17, 15) is 18.4 Å². The van der Waals surface area contributed by atoms with Crippen LogP contribution in [0.4, 0.5) is 8.78 Å². The van der Waals surface area contributed by atoms with Gasteiger partial charge in [0.25, 0.3) is 0 Å². The molecule has 0 N–H and O–H groups in total. The fourth-order valence-corrected chi connectivity index (χ4v) is 0.342. The Kier molecular flexibility index (Phi) is 4.97. The van der Waals surface area contributed by atoms with Crippen LogP contribution in [0.1, 0.15) is 6.42 Å². The fourth-order valence-electron chi connectivity index (χ4n) is 0.342. The van der Waals surface area contributed by atoms with Crippen LogP contribution >= 0.6 is 0 Å². The molecule has 11 heavy (non-hydrogen) atoms. The lowest BCUT2D eigenvalue weighted by atomic mass is 10.4. The van der Waals surface area contributed by atoms with Crippen LogP contribution < -0.4 is 0 Å². The quantitative estimate of drug-likeness (QED) is 0.448. The largest absolute Gasteiger partial charge is 0.433 e. The van der Waals surface area contributed by atoms with Gasteiger partial charge in [-0.3, -0.25) is 9.59 Å². The third-order valence-corrected chi connectivity index (χ3v) is 0.720. The molecule has 0 aliphatic heterocycles. The van der Waals surface area contributed by atoms with Crippen LogP contribution in [-0.4, -0.2) is 25.7 Å². The van der Waals surface area contributed by atoms with Crippen LogP contribution in [0.2, 0.25) is 0 Å². The van der Waals surface area contributed by atoms with Gasteiger partial charge in [0.15, 0.2) is 0 Å². The van der Waals surface area contributed by atoms with Crippen molar-refractivity contribution in [3.05, 3.63) is 0 Å². The summed E-state index contributed by atoms with van der Waals surface area (Å²) in [5.41, 5.74) is 0. The lowest BCUT2D eigenvalue weighted by molar-refractivity contribution is -0.158. The standard InChI is InChI=1S/C5H6F2O4/c6-2-10-4(8)1-5(9)11-3-7/h1-3H2. The number of hydrogen-bond donors (Lipinski definition) is 0. The first-order chi connectivity index (χ1) is 5.20. The molecule has 0 aliphatic carbocycles. The normalized spacial score (nSPS) is 8.91. The van der Waals surface area contributed by atoms with Crippen LogP contribution in [0.3, 0.4) is 0 Å². The van der Waals surface area contributed by atoms with E-state index in [1.807, 2.05) is 0 Å². The predicted molar refractivity (Wildman–Crippen MR) is 28.8 cm³/mol. The molecule has 6 heteroatoms. The SMILES string of the molecule is O=C(CC(=O)OCF)OCF. The second-order valence-electron chi connectivity index (χ2n) is 1.43. The molecule has 0 aromatic carbocycles. The molecule has 0 fully saturated rings. The summed E-state index contributed by atoms with van der Waals surface area (Å²) in [6.07, 6.45) is -0.770. The number of alkyl halides is 2. The molecule has 0 atom stereocenters. The molecule has 0 radical (unpaired) electrons. The smallest absolute Gasteiger partial charge is 0.319 e. The average molecular weight is 168 g/mol. The van der Waals surface area contributed by atoms with Crippen molar-refractivity contribution >= 4 is 11.9 Å². The Morgan fingerprint density at radius 3 is 1.64 bits per heavy atom. The molecule has 0 rings (SSSR count). The van der Waals surface area contributed by atoms with Crippen molar-refractivity contribution in [1.29, 1.82) is 0 Å². The van der Waals surface area contributed by atoms with Gasteiger partial charge >= 0.3 is 11.9 Å². The minimum atomic E-state index is -1.30. The molecule has 0 heterocycles. The van der Waals surface area contributed by atoms with Crippen molar-refractivity contribution in [2.24, 2.45) is 0 Å².